The first kappa shape index (κ1) is 7.05. The van der Waals surface area contributed by atoms with Gasteiger partial charge in [0.1, 0.15) is 0 Å². The molecule has 7 heavy (non-hydrogen) atoms. The van der Waals surface area contributed by atoms with Crippen LogP contribution in [0.4, 0.5) is 0 Å². The molecule has 0 amide bonds. The number of hydrogen-bond acceptors (Lipinski definition) is 2. The zero-order valence-electron chi connectivity index (χ0n) is 3.90. The average molecular weight is 98.8 g/mol. The van der Waals surface area contributed by atoms with E-state index in [1.54, 1.807) is 0 Å². The van der Waals surface area contributed by atoms with Crippen LogP contribution in [0.1, 0.15) is 0 Å². The van der Waals surface area contributed by atoms with E-state index in [0.29, 0.717) is 7.05 Å². The zero-order chi connectivity index (χ0) is 4.41. The number of nitrogens with one attached hydrogen (secondary N) is 1. The van der Waals surface area contributed by atoms with E-state index in [-0.39, 0.29) is 8.41 Å². The van der Waals surface area contributed by atoms with Crippen molar-refractivity contribution in [3.05, 3.63) is 0 Å². The van der Waals surface area contributed by atoms with Crippen LogP contribution in [0.3, 0.4) is 0 Å². The fourth-order valence-electron chi connectivity index (χ4n) is 0.557. The molecule has 4 heteroatoms. The lowest BCUT2D eigenvalue weighted by Crippen LogP contribution is -2.23. The molecule has 0 bridgehead atoms. The molecular formula is C3H11B2NO. The first-order valence-electron chi connectivity index (χ1n) is 2.24. The Morgan fingerprint density at radius 1 is 1.71 bits per heavy atom. The van der Waals surface area contributed by atoms with Crippen molar-refractivity contribution in [1.29, 1.82) is 0 Å². The summed E-state index contributed by atoms with van der Waals surface area (Å²) in [6.07, 6.45) is 0. The maximum atomic E-state index is 5.04. The minimum atomic E-state index is 0. The summed E-state index contributed by atoms with van der Waals surface area (Å²) >= 11 is 0. The third-order valence-corrected chi connectivity index (χ3v) is 0.902. The van der Waals surface area contributed by atoms with Gasteiger partial charge in [-0.2, -0.15) is 0 Å². The van der Waals surface area contributed by atoms with E-state index in [2.05, 4.69) is 5.23 Å². The first-order chi connectivity index (χ1) is 2.89. The summed E-state index contributed by atoms with van der Waals surface area (Å²) in [5, 5.41) is 3.10. The second kappa shape index (κ2) is 3.10. The normalized spacial score (nSPS) is 19.3. The maximum absolute atomic E-state index is 5.04. The number of hydrogen-bond donors (Lipinski definition) is 1. The minimum Gasteiger partial charge on any atom is -0.420 e. The van der Waals surface area contributed by atoms with Crippen molar-refractivity contribution >= 4 is 15.5 Å². The van der Waals surface area contributed by atoms with Gasteiger partial charge in [0.05, 0.1) is 8.41 Å². The summed E-state index contributed by atoms with van der Waals surface area (Å²) < 4.78 is 5.04. The Labute approximate surface area is 46.3 Å². The molecule has 40 valence electrons. The molecule has 2 nitrogen and oxygen atoms in total. The summed E-state index contributed by atoms with van der Waals surface area (Å²) in [5.74, 6) is 0. The molecular weight excluding hydrogens is 87.7 g/mol. The Morgan fingerprint density at radius 2 is 2.43 bits per heavy atom. The second-order valence-electron chi connectivity index (χ2n) is 1.47. The molecule has 1 N–H and O–H groups in total. The van der Waals surface area contributed by atoms with Gasteiger partial charge in [0.15, 0.2) is 0 Å². The van der Waals surface area contributed by atoms with E-state index in [0.717, 1.165) is 13.2 Å². The van der Waals surface area contributed by atoms with Crippen molar-refractivity contribution in [2.24, 2.45) is 0 Å². The largest absolute Gasteiger partial charge is 0.420 e. The van der Waals surface area contributed by atoms with Crippen molar-refractivity contribution in [3.63, 3.8) is 0 Å². The van der Waals surface area contributed by atoms with Crippen LogP contribution in [0.15, 0.2) is 0 Å². The quantitative estimate of drug-likeness (QED) is 0.374. The van der Waals surface area contributed by atoms with Crippen LogP contribution in [0.25, 0.3) is 0 Å². The van der Waals surface area contributed by atoms with Gasteiger partial charge in [-0.15, -0.1) is 0 Å². The summed E-state index contributed by atoms with van der Waals surface area (Å²) in [4.78, 5) is 0. The molecule has 0 aromatic carbocycles. The molecule has 1 rings (SSSR count). The van der Waals surface area contributed by atoms with Crippen LogP contribution < -0.4 is 5.23 Å². The SMILES string of the molecule is B.CB1NCCO1. The molecule has 0 saturated carbocycles. The molecule has 0 atom stereocenters. The lowest BCUT2D eigenvalue weighted by molar-refractivity contribution is 0.373. The smallest absolute Gasteiger partial charge is 0.376 e. The van der Waals surface area contributed by atoms with E-state index >= 15 is 0 Å². The summed E-state index contributed by atoms with van der Waals surface area (Å²) in [6, 6.07) is 0. The van der Waals surface area contributed by atoms with Gasteiger partial charge in [-0.25, -0.2) is 0 Å². The van der Waals surface area contributed by atoms with Crippen LogP contribution in [0, 0.1) is 0 Å². The van der Waals surface area contributed by atoms with Crippen LogP contribution in [-0.4, -0.2) is 28.6 Å². The number of rotatable bonds is 0. The Morgan fingerprint density at radius 3 is 2.57 bits per heavy atom. The van der Waals surface area contributed by atoms with E-state index < -0.39 is 0 Å². The summed E-state index contributed by atoms with van der Waals surface area (Å²) in [5.41, 5.74) is 0. The van der Waals surface area contributed by atoms with Crippen molar-refractivity contribution in [2.75, 3.05) is 13.2 Å². The molecule has 1 saturated heterocycles. The van der Waals surface area contributed by atoms with E-state index in [1.165, 1.54) is 0 Å². The van der Waals surface area contributed by atoms with Crippen molar-refractivity contribution in [2.45, 2.75) is 6.82 Å². The zero-order valence-corrected chi connectivity index (χ0v) is 3.90. The Kier molecular flexibility index (Phi) is 3.13. The molecule has 1 fully saturated rings. The van der Waals surface area contributed by atoms with Gasteiger partial charge in [0.2, 0.25) is 0 Å². The monoisotopic (exact) mass is 99.1 g/mol. The van der Waals surface area contributed by atoms with Gasteiger partial charge in [-0.1, -0.05) is 0 Å². The van der Waals surface area contributed by atoms with Crippen LogP contribution >= 0.6 is 0 Å². The Balaban J connectivity index is 0.000000360. The Bertz CT molecular complexity index is 46.2. The lowest BCUT2D eigenvalue weighted by Gasteiger charge is -1.88. The van der Waals surface area contributed by atoms with Gasteiger partial charge >= 0.3 is 7.05 Å². The van der Waals surface area contributed by atoms with Crippen molar-refractivity contribution in [3.8, 4) is 0 Å². The van der Waals surface area contributed by atoms with Gasteiger partial charge in [-0.3, -0.25) is 0 Å². The maximum Gasteiger partial charge on any atom is 0.376 e. The standard InChI is InChI=1S/C3H8BNO.BH3/c1-4-5-2-3-6-4;/h5H,2-3H2,1H3;1H3. The molecule has 0 spiro atoms. The molecule has 0 unspecified atom stereocenters. The second-order valence-corrected chi connectivity index (χ2v) is 1.47. The minimum absolute atomic E-state index is 0. The van der Waals surface area contributed by atoms with Crippen LogP contribution in [0.5, 0.6) is 0 Å². The van der Waals surface area contributed by atoms with Crippen molar-refractivity contribution < 1.29 is 4.65 Å². The van der Waals surface area contributed by atoms with Gasteiger partial charge in [0.25, 0.3) is 0 Å². The molecule has 0 radical (unpaired) electrons. The molecule has 0 aromatic heterocycles. The van der Waals surface area contributed by atoms with E-state index in [9.17, 15) is 0 Å². The highest BCUT2D eigenvalue weighted by Gasteiger charge is 2.12. The highest BCUT2D eigenvalue weighted by molar-refractivity contribution is 6.47. The molecule has 1 aliphatic heterocycles. The predicted octanol–water partition coefficient (Wildman–Crippen LogP) is -1.46. The Hall–Kier alpha value is 0.0499. The summed E-state index contributed by atoms with van der Waals surface area (Å²) in [7, 11) is 0.296. The van der Waals surface area contributed by atoms with Crippen LogP contribution in [-0.2, 0) is 4.65 Å². The third-order valence-electron chi connectivity index (χ3n) is 0.902. The van der Waals surface area contributed by atoms with Crippen LogP contribution in [0.2, 0.25) is 6.82 Å². The molecule has 0 aromatic rings. The third kappa shape index (κ3) is 2.00. The molecule has 1 aliphatic rings. The fraction of sp³-hybridized carbons (Fsp3) is 1.00. The van der Waals surface area contributed by atoms with E-state index in [1.807, 2.05) is 6.82 Å². The van der Waals surface area contributed by atoms with Gasteiger partial charge in [0, 0.05) is 13.2 Å². The summed E-state index contributed by atoms with van der Waals surface area (Å²) in [6.45, 7) is 3.90. The molecule has 0 aliphatic carbocycles. The highest BCUT2D eigenvalue weighted by Crippen LogP contribution is 1.85. The van der Waals surface area contributed by atoms with Crippen molar-refractivity contribution in [1.82, 2.24) is 5.23 Å². The van der Waals surface area contributed by atoms with Gasteiger partial charge < -0.3 is 9.88 Å². The average Bonchev–Trinajstić information content (AvgIpc) is 1.86. The predicted molar refractivity (Wildman–Crippen MR) is 35.5 cm³/mol. The molecule has 1 heterocycles. The first-order valence-corrected chi connectivity index (χ1v) is 2.24. The fourth-order valence-corrected chi connectivity index (χ4v) is 0.557. The lowest BCUT2D eigenvalue weighted by atomic mass is 9.90. The van der Waals surface area contributed by atoms with E-state index in [4.69, 9.17) is 4.65 Å². The van der Waals surface area contributed by atoms with Gasteiger partial charge in [-0.05, 0) is 6.82 Å². The highest BCUT2D eigenvalue weighted by atomic mass is 16.4. The topological polar surface area (TPSA) is 21.3 Å².